The van der Waals surface area contributed by atoms with Gasteiger partial charge < -0.3 is 25.6 Å². The Labute approximate surface area is 187 Å². The average Bonchev–Trinajstić information content (AvgIpc) is 3.05. The van der Waals surface area contributed by atoms with Crippen molar-refractivity contribution >= 4 is 23.8 Å². The zero-order valence-electron chi connectivity index (χ0n) is 18.0. The molecule has 1 aliphatic rings. The number of amides is 1. The summed E-state index contributed by atoms with van der Waals surface area (Å²) in [4.78, 5) is 30.8. The van der Waals surface area contributed by atoms with E-state index >= 15 is 0 Å². The van der Waals surface area contributed by atoms with E-state index in [0.717, 1.165) is 11.1 Å². The summed E-state index contributed by atoms with van der Waals surface area (Å²) in [6.07, 6.45) is -4.97. The maximum Gasteiger partial charge on any atom is 0.434 e. The molecule has 1 aliphatic heterocycles. The van der Waals surface area contributed by atoms with Gasteiger partial charge in [-0.3, -0.25) is 4.90 Å². The van der Waals surface area contributed by atoms with E-state index in [2.05, 4.69) is 19.9 Å². The highest BCUT2D eigenvalue weighted by Crippen LogP contribution is 2.37. The lowest BCUT2D eigenvalue weighted by Gasteiger charge is -2.25. The summed E-state index contributed by atoms with van der Waals surface area (Å²) in [5, 5.41) is 18.9. The number of ether oxygens (including phenoxy) is 1. The minimum Gasteiger partial charge on any atom is -0.441 e. The summed E-state index contributed by atoms with van der Waals surface area (Å²) < 4.78 is 46.2. The first-order valence-electron chi connectivity index (χ1n) is 10.2. The Morgan fingerprint density at radius 2 is 1.97 bits per heavy atom. The van der Waals surface area contributed by atoms with Crippen molar-refractivity contribution in [3.05, 3.63) is 18.0 Å². The fourth-order valence-corrected chi connectivity index (χ4v) is 3.44. The Morgan fingerprint density at radius 3 is 2.55 bits per heavy atom. The predicted molar refractivity (Wildman–Crippen MR) is 111 cm³/mol. The van der Waals surface area contributed by atoms with Gasteiger partial charge in [-0.05, 0) is 13.3 Å². The van der Waals surface area contributed by atoms with Crippen LogP contribution in [-0.4, -0.2) is 74.7 Å². The SMILES string of the molecule is CCCN(CCO)c1nc(-c2cnc(N)nc2C(F)(F)F)cc(N2C(=O)O[C@H](CO)[C@@H]2C)n1. The van der Waals surface area contributed by atoms with Crippen molar-refractivity contribution in [2.45, 2.75) is 38.6 Å². The van der Waals surface area contributed by atoms with Crippen LogP contribution in [0.2, 0.25) is 0 Å². The van der Waals surface area contributed by atoms with Crippen molar-refractivity contribution in [3.63, 3.8) is 0 Å². The molecule has 1 amide bonds. The molecule has 14 heteroatoms. The van der Waals surface area contributed by atoms with E-state index in [1.807, 2.05) is 6.92 Å². The molecule has 33 heavy (non-hydrogen) atoms. The van der Waals surface area contributed by atoms with E-state index < -0.39 is 48.2 Å². The fourth-order valence-electron chi connectivity index (χ4n) is 3.44. The predicted octanol–water partition coefficient (Wildman–Crippen LogP) is 1.45. The van der Waals surface area contributed by atoms with Crippen LogP contribution >= 0.6 is 0 Å². The molecule has 0 bridgehead atoms. The molecule has 1 saturated heterocycles. The van der Waals surface area contributed by atoms with Gasteiger partial charge in [0.1, 0.15) is 11.9 Å². The van der Waals surface area contributed by atoms with Crippen LogP contribution in [0.3, 0.4) is 0 Å². The number of aliphatic hydroxyl groups is 2. The number of nitrogens with zero attached hydrogens (tertiary/aromatic N) is 6. The van der Waals surface area contributed by atoms with E-state index in [1.54, 1.807) is 11.8 Å². The zero-order chi connectivity index (χ0) is 24.3. The number of carbonyl (C=O) groups excluding carboxylic acids is 1. The number of rotatable bonds is 8. The second-order valence-corrected chi connectivity index (χ2v) is 7.33. The Balaban J connectivity index is 2.22. The van der Waals surface area contributed by atoms with Gasteiger partial charge in [0.15, 0.2) is 5.69 Å². The third kappa shape index (κ3) is 5.06. The topological polar surface area (TPSA) is 151 Å². The number of hydrogen-bond acceptors (Lipinski definition) is 10. The standard InChI is InChI=1S/C19H24F3N7O4/c1-3-4-28(5-6-30)17-25-12(11-8-24-16(23)27-15(11)19(20,21)22)7-14(26-17)29-10(2)13(9-31)33-18(29)32/h7-8,10,13,30-31H,3-6,9H2,1-2H3,(H2,23,24,27)/t10-,13+/m0/s1. The first-order chi connectivity index (χ1) is 15.6. The molecule has 2 atom stereocenters. The Morgan fingerprint density at radius 1 is 1.24 bits per heavy atom. The smallest absolute Gasteiger partial charge is 0.434 e. The van der Waals surface area contributed by atoms with Gasteiger partial charge in [-0.1, -0.05) is 6.92 Å². The second-order valence-electron chi connectivity index (χ2n) is 7.33. The number of cyclic esters (lactones) is 1. The Bertz CT molecular complexity index is 1000. The summed E-state index contributed by atoms with van der Waals surface area (Å²) in [7, 11) is 0. The third-order valence-corrected chi connectivity index (χ3v) is 5.02. The van der Waals surface area contributed by atoms with E-state index in [-0.39, 0.29) is 30.6 Å². The van der Waals surface area contributed by atoms with Gasteiger partial charge >= 0.3 is 12.3 Å². The summed E-state index contributed by atoms with van der Waals surface area (Å²) in [6, 6.07) is 0.536. The second kappa shape index (κ2) is 9.70. The summed E-state index contributed by atoms with van der Waals surface area (Å²) in [5.74, 6) is -0.598. The van der Waals surface area contributed by atoms with Gasteiger partial charge in [-0.25, -0.2) is 19.7 Å². The van der Waals surface area contributed by atoms with Gasteiger partial charge in [0.2, 0.25) is 11.9 Å². The molecule has 0 aliphatic carbocycles. The van der Waals surface area contributed by atoms with Gasteiger partial charge in [0, 0.05) is 30.9 Å². The minimum atomic E-state index is -4.85. The largest absolute Gasteiger partial charge is 0.441 e. The number of hydrogen-bond donors (Lipinski definition) is 3. The van der Waals surface area contributed by atoms with Gasteiger partial charge in [0.25, 0.3) is 0 Å². The van der Waals surface area contributed by atoms with Crippen LogP contribution < -0.4 is 15.5 Å². The fraction of sp³-hybridized carbons (Fsp3) is 0.526. The molecule has 0 unspecified atom stereocenters. The van der Waals surface area contributed by atoms with Gasteiger partial charge in [-0.2, -0.15) is 18.2 Å². The van der Waals surface area contributed by atoms with Crippen molar-refractivity contribution in [3.8, 4) is 11.3 Å². The van der Waals surface area contributed by atoms with Gasteiger partial charge in [-0.15, -0.1) is 0 Å². The first kappa shape index (κ1) is 24.4. The molecule has 4 N–H and O–H groups in total. The zero-order valence-corrected chi connectivity index (χ0v) is 18.0. The van der Waals surface area contributed by atoms with E-state index in [9.17, 15) is 28.2 Å². The average molecular weight is 471 g/mol. The highest BCUT2D eigenvalue weighted by Gasteiger charge is 2.41. The highest BCUT2D eigenvalue weighted by molar-refractivity contribution is 5.90. The quantitative estimate of drug-likeness (QED) is 0.516. The number of halogens is 3. The molecule has 3 heterocycles. The molecule has 0 radical (unpaired) electrons. The van der Waals surface area contributed by atoms with Crippen LogP contribution in [0.5, 0.6) is 0 Å². The third-order valence-electron chi connectivity index (χ3n) is 5.02. The molecule has 11 nitrogen and oxygen atoms in total. The van der Waals surface area contributed by atoms with Crippen LogP contribution in [0.4, 0.5) is 35.7 Å². The van der Waals surface area contributed by atoms with Crippen LogP contribution in [0, 0.1) is 0 Å². The molecule has 2 aromatic rings. The summed E-state index contributed by atoms with van der Waals surface area (Å²) in [6.45, 7) is 3.29. The van der Waals surface area contributed by atoms with Crippen LogP contribution in [0.25, 0.3) is 11.3 Å². The summed E-state index contributed by atoms with van der Waals surface area (Å²) >= 11 is 0. The lowest BCUT2D eigenvalue weighted by Crippen LogP contribution is -2.37. The van der Waals surface area contributed by atoms with Gasteiger partial charge in [0.05, 0.1) is 24.9 Å². The number of nitrogen functional groups attached to an aromatic ring is 1. The number of nitrogens with two attached hydrogens (primary N) is 1. The molecule has 0 aromatic carbocycles. The lowest BCUT2D eigenvalue weighted by atomic mass is 10.1. The van der Waals surface area contributed by atoms with E-state index in [4.69, 9.17) is 10.5 Å². The molecule has 180 valence electrons. The highest BCUT2D eigenvalue weighted by atomic mass is 19.4. The van der Waals surface area contributed by atoms with Crippen LogP contribution in [-0.2, 0) is 10.9 Å². The monoisotopic (exact) mass is 471 g/mol. The molecule has 1 fully saturated rings. The number of alkyl halides is 3. The normalized spacial score (nSPS) is 18.5. The van der Waals surface area contributed by atoms with Crippen molar-refractivity contribution in [1.82, 2.24) is 19.9 Å². The molecule has 3 rings (SSSR count). The lowest BCUT2D eigenvalue weighted by molar-refractivity contribution is -0.140. The van der Waals surface area contributed by atoms with Crippen molar-refractivity contribution in [1.29, 1.82) is 0 Å². The Hall–Kier alpha value is -3.26. The molecule has 0 spiro atoms. The molecular weight excluding hydrogens is 447 g/mol. The Kier molecular flexibility index (Phi) is 7.17. The number of aromatic nitrogens is 4. The number of aliphatic hydroxyl groups excluding tert-OH is 2. The van der Waals surface area contributed by atoms with Crippen molar-refractivity contribution in [2.75, 3.05) is 41.8 Å². The maximum atomic E-state index is 13.7. The van der Waals surface area contributed by atoms with E-state index in [0.29, 0.717) is 13.0 Å². The van der Waals surface area contributed by atoms with Crippen LogP contribution in [0.1, 0.15) is 26.0 Å². The summed E-state index contributed by atoms with van der Waals surface area (Å²) in [5.41, 5.74) is 3.42. The van der Waals surface area contributed by atoms with Crippen molar-refractivity contribution < 1.29 is 32.9 Å². The first-order valence-corrected chi connectivity index (χ1v) is 10.2. The van der Waals surface area contributed by atoms with E-state index in [1.165, 1.54) is 6.07 Å². The number of anilines is 3. The maximum absolute atomic E-state index is 13.7. The van der Waals surface area contributed by atoms with Crippen molar-refractivity contribution in [2.24, 2.45) is 0 Å². The minimum absolute atomic E-state index is 0.00389. The molecule has 0 saturated carbocycles. The number of carbonyl (C=O) groups is 1. The molecular formula is C19H24F3N7O4. The van der Waals surface area contributed by atoms with Crippen LogP contribution in [0.15, 0.2) is 12.3 Å². The molecule has 2 aromatic heterocycles.